The summed E-state index contributed by atoms with van der Waals surface area (Å²) in [5, 5.41) is 0. The first-order chi connectivity index (χ1) is 7.76. The molecule has 0 amide bonds. The van der Waals surface area contributed by atoms with Crippen molar-refractivity contribution in [3.8, 4) is 12.0 Å². The van der Waals surface area contributed by atoms with Crippen molar-refractivity contribution in [2.75, 3.05) is 38.8 Å². The normalized spacial score (nSPS) is 15.8. The molecule has 1 aliphatic heterocycles. The molecule has 0 saturated carbocycles. The topological polar surface area (TPSA) is 86.4 Å². The molecule has 2 heterocycles. The van der Waals surface area contributed by atoms with Gasteiger partial charge in [-0.25, -0.2) is 0 Å². The quantitative estimate of drug-likeness (QED) is 0.723. The summed E-state index contributed by atoms with van der Waals surface area (Å²) in [6.07, 6.45) is 0. The van der Waals surface area contributed by atoms with Gasteiger partial charge in [0.1, 0.15) is 0 Å². The average molecular weight is 225 g/mol. The lowest BCUT2D eigenvalue weighted by Gasteiger charge is -2.38. The van der Waals surface area contributed by atoms with Crippen molar-refractivity contribution in [2.45, 2.75) is 0 Å². The van der Waals surface area contributed by atoms with Crippen LogP contribution in [0.1, 0.15) is 0 Å². The Labute approximate surface area is 93.6 Å². The van der Waals surface area contributed by atoms with E-state index in [1.54, 1.807) is 0 Å². The monoisotopic (exact) mass is 225 g/mol. The Kier molecular flexibility index (Phi) is 3.04. The minimum absolute atomic E-state index is 0.262. The number of methoxy groups -OCH3 is 2. The van der Waals surface area contributed by atoms with Crippen LogP contribution in [0.4, 0.5) is 5.95 Å². The lowest BCUT2D eigenvalue weighted by Crippen LogP contribution is -2.50. The van der Waals surface area contributed by atoms with Crippen molar-refractivity contribution in [3.63, 3.8) is 0 Å². The number of hydrogen-bond donors (Lipinski definition) is 1. The van der Waals surface area contributed by atoms with E-state index in [0.29, 0.717) is 18.4 Å². The molecule has 0 aromatic carbocycles. The van der Waals surface area contributed by atoms with Gasteiger partial charge in [-0.15, -0.1) is 4.98 Å². The molecule has 0 spiro atoms. The van der Waals surface area contributed by atoms with Crippen LogP contribution in [-0.4, -0.2) is 48.8 Å². The van der Waals surface area contributed by atoms with Crippen LogP contribution in [0.25, 0.3) is 0 Å². The fourth-order valence-corrected chi connectivity index (χ4v) is 1.53. The molecule has 88 valence electrons. The molecule has 7 heteroatoms. The highest BCUT2D eigenvalue weighted by atomic mass is 16.5. The molecular weight excluding hydrogens is 210 g/mol. The van der Waals surface area contributed by atoms with Crippen LogP contribution in [0.15, 0.2) is 0 Å². The maximum absolute atomic E-state index is 5.56. The smallest absolute Gasteiger partial charge is 0.324 e. The molecule has 2 rings (SSSR count). The van der Waals surface area contributed by atoms with Crippen LogP contribution in [0.2, 0.25) is 0 Å². The van der Waals surface area contributed by atoms with Crippen molar-refractivity contribution in [1.29, 1.82) is 0 Å². The second-order valence-corrected chi connectivity index (χ2v) is 3.62. The van der Waals surface area contributed by atoms with Crippen molar-refractivity contribution < 1.29 is 9.47 Å². The SMILES string of the molecule is COc1nc(OC)nc(N2CC(CN)C2)n1. The van der Waals surface area contributed by atoms with Crippen LogP contribution in [-0.2, 0) is 0 Å². The number of ether oxygens (including phenoxy) is 2. The van der Waals surface area contributed by atoms with Crippen molar-refractivity contribution in [2.24, 2.45) is 11.7 Å². The van der Waals surface area contributed by atoms with Gasteiger partial charge >= 0.3 is 12.0 Å². The standard InChI is InChI=1S/C9H15N5O2/c1-15-8-11-7(12-9(13-8)16-2)14-4-6(3-10)5-14/h6H,3-5,10H2,1-2H3. The van der Waals surface area contributed by atoms with E-state index in [2.05, 4.69) is 15.0 Å². The summed E-state index contributed by atoms with van der Waals surface area (Å²) in [4.78, 5) is 14.3. The zero-order valence-corrected chi connectivity index (χ0v) is 9.38. The van der Waals surface area contributed by atoms with Gasteiger partial charge in [0.15, 0.2) is 0 Å². The Morgan fingerprint density at radius 3 is 2.19 bits per heavy atom. The molecule has 0 atom stereocenters. The molecule has 1 aromatic rings. The third kappa shape index (κ3) is 1.99. The van der Waals surface area contributed by atoms with Crippen LogP contribution >= 0.6 is 0 Å². The van der Waals surface area contributed by atoms with E-state index in [4.69, 9.17) is 15.2 Å². The molecule has 1 saturated heterocycles. The number of nitrogens with two attached hydrogens (primary N) is 1. The van der Waals surface area contributed by atoms with E-state index >= 15 is 0 Å². The van der Waals surface area contributed by atoms with E-state index < -0.39 is 0 Å². The summed E-state index contributed by atoms with van der Waals surface area (Å²) in [7, 11) is 3.02. The zero-order chi connectivity index (χ0) is 11.5. The highest BCUT2D eigenvalue weighted by Gasteiger charge is 2.28. The summed E-state index contributed by atoms with van der Waals surface area (Å²) < 4.78 is 9.95. The minimum atomic E-state index is 0.262. The van der Waals surface area contributed by atoms with E-state index in [1.165, 1.54) is 14.2 Å². The number of anilines is 1. The molecule has 16 heavy (non-hydrogen) atoms. The van der Waals surface area contributed by atoms with Crippen molar-refractivity contribution >= 4 is 5.95 Å². The predicted octanol–water partition coefficient (Wildman–Crippen LogP) is -0.716. The average Bonchev–Trinajstić information content (AvgIpc) is 2.27. The molecule has 0 radical (unpaired) electrons. The van der Waals surface area contributed by atoms with Crippen LogP contribution < -0.4 is 20.1 Å². The lowest BCUT2D eigenvalue weighted by atomic mass is 10.0. The van der Waals surface area contributed by atoms with Gasteiger partial charge in [0, 0.05) is 19.0 Å². The van der Waals surface area contributed by atoms with Gasteiger partial charge in [0.2, 0.25) is 5.95 Å². The Balaban J connectivity index is 2.14. The van der Waals surface area contributed by atoms with Gasteiger partial charge in [-0.2, -0.15) is 9.97 Å². The van der Waals surface area contributed by atoms with Crippen LogP contribution in [0, 0.1) is 5.92 Å². The Morgan fingerprint density at radius 2 is 1.75 bits per heavy atom. The second-order valence-electron chi connectivity index (χ2n) is 3.62. The molecule has 1 fully saturated rings. The Morgan fingerprint density at radius 1 is 1.19 bits per heavy atom. The summed E-state index contributed by atoms with van der Waals surface area (Å²) in [6, 6.07) is 0.524. The third-order valence-electron chi connectivity index (χ3n) is 2.52. The maximum Gasteiger partial charge on any atom is 0.324 e. The highest BCUT2D eigenvalue weighted by molar-refractivity contribution is 5.36. The third-order valence-corrected chi connectivity index (χ3v) is 2.52. The molecular formula is C9H15N5O2. The van der Waals surface area contributed by atoms with Crippen LogP contribution in [0.5, 0.6) is 12.0 Å². The van der Waals surface area contributed by atoms with Gasteiger partial charge in [-0.05, 0) is 6.54 Å². The summed E-state index contributed by atoms with van der Waals surface area (Å²) in [5.41, 5.74) is 5.56. The van der Waals surface area contributed by atoms with E-state index in [0.717, 1.165) is 13.1 Å². The van der Waals surface area contributed by atoms with Gasteiger partial charge in [-0.3, -0.25) is 0 Å². The molecule has 7 nitrogen and oxygen atoms in total. The van der Waals surface area contributed by atoms with Crippen LogP contribution in [0.3, 0.4) is 0 Å². The highest BCUT2D eigenvalue weighted by Crippen LogP contribution is 2.23. The summed E-state index contributed by atoms with van der Waals surface area (Å²) in [6.45, 7) is 2.43. The molecule has 0 unspecified atom stereocenters. The number of rotatable bonds is 4. The number of hydrogen-bond acceptors (Lipinski definition) is 7. The molecule has 0 aliphatic carbocycles. The second kappa shape index (κ2) is 4.48. The first-order valence-corrected chi connectivity index (χ1v) is 5.06. The fourth-order valence-electron chi connectivity index (χ4n) is 1.53. The lowest BCUT2D eigenvalue weighted by molar-refractivity contribution is 0.334. The van der Waals surface area contributed by atoms with Gasteiger partial charge in [-0.1, -0.05) is 0 Å². The fraction of sp³-hybridized carbons (Fsp3) is 0.667. The molecule has 0 bridgehead atoms. The first-order valence-electron chi connectivity index (χ1n) is 5.06. The largest absolute Gasteiger partial charge is 0.467 e. The van der Waals surface area contributed by atoms with Crippen molar-refractivity contribution in [3.05, 3.63) is 0 Å². The number of aromatic nitrogens is 3. The molecule has 1 aliphatic rings. The summed E-state index contributed by atoms with van der Waals surface area (Å²) in [5.74, 6) is 1.10. The minimum Gasteiger partial charge on any atom is -0.467 e. The zero-order valence-electron chi connectivity index (χ0n) is 9.38. The van der Waals surface area contributed by atoms with E-state index in [9.17, 15) is 0 Å². The van der Waals surface area contributed by atoms with E-state index in [-0.39, 0.29) is 12.0 Å². The summed E-state index contributed by atoms with van der Waals surface area (Å²) >= 11 is 0. The first kappa shape index (κ1) is 10.9. The molecule has 2 N–H and O–H groups in total. The number of nitrogens with zero attached hydrogens (tertiary/aromatic N) is 4. The Hall–Kier alpha value is -1.63. The van der Waals surface area contributed by atoms with Gasteiger partial charge in [0.05, 0.1) is 14.2 Å². The predicted molar refractivity (Wildman–Crippen MR) is 57.7 cm³/mol. The Bertz CT molecular complexity index is 345. The van der Waals surface area contributed by atoms with Gasteiger partial charge < -0.3 is 20.1 Å². The van der Waals surface area contributed by atoms with Gasteiger partial charge in [0.25, 0.3) is 0 Å². The van der Waals surface area contributed by atoms with E-state index in [1.807, 2.05) is 4.90 Å². The van der Waals surface area contributed by atoms with Crippen molar-refractivity contribution in [1.82, 2.24) is 15.0 Å². The molecule has 1 aromatic heterocycles. The maximum atomic E-state index is 5.56.